The van der Waals surface area contributed by atoms with Crippen LogP contribution < -0.4 is 5.73 Å². The van der Waals surface area contributed by atoms with Gasteiger partial charge in [0, 0.05) is 11.5 Å². The number of carbonyl (C=O) groups excluding carboxylic acids is 3. The zero-order chi connectivity index (χ0) is 25.4. The van der Waals surface area contributed by atoms with E-state index in [0.717, 1.165) is 36.8 Å². The first-order valence-corrected chi connectivity index (χ1v) is 12.0. The van der Waals surface area contributed by atoms with Crippen LogP contribution >= 0.6 is 0 Å². The number of hydrogen-bond donors (Lipinski definition) is 5. The number of nitrogens with zero attached hydrogens (tertiary/aromatic N) is 1. The number of benzene rings is 1. The van der Waals surface area contributed by atoms with Crippen molar-refractivity contribution in [2.45, 2.75) is 56.1 Å². The minimum atomic E-state index is -2.61. The molecule has 0 heterocycles. The van der Waals surface area contributed by atoms with Gasteiger partial charge in [-0.1, -0.05) is 18.9 Å². The third-order valence-electron chi connectivity index (χ3n) is 8.44. The molecule has 1 fully saturated rings. The lowest BCUT2D eigenvalue weighted by atomic mass is 9.58. The number of rotatable bonds is 3. The van der Waals surface area contributed by atoms with Gasteiger partial charge in [-0.3, -0.25) is 19.3 Å². The Morgan fingerprint density at radius 2 is 1.74 bits per heavy atom. The lowest BCUT2D eigenvalue weighted by molar-refractivity contribution is -0.148. The highest BCUT2D eigenvalue weighted by molar-refractivity contribution is 6.24. The molecule has 0 unspecified atom stereocenters. The number of phenolic OH excluding ortho intramolecular Hbond substituents is 1. The number of fused-ring (bicyclic) bond motifs is 3. The smallest absolute Gasteiger partial charge is 0.255 e. The average molecular weight is 483 g/mol. The number of ketones is 2. The van der Waals surface area contributed by atoms with E-state index in [1.165, 1.54) is 6.07 Å². The molecule has 6 N–H and O–H groups in total. The summed E-state index contributed by atoms with van der Waals surface area (Å²) in [5.41, 5.74) is 3.68. The van der Waals surface area contributed by atoms with E-state index in [1.54, 1.807) is 19.0 Å². The second kappa shape index (κ2) is 7.93. The fraction of sp³-hybridized carbons (Fsp3) is 0.500. The molecule has 1 aromatic carbocycles. The normalized spacial score (nSPS) is 31.0. The number of likely N-dealkylation sites (N-methyl/N-ethyl adjacent to an activating group) is 1. The fourth-order valence-electron chi connectivity index (χ4n) is 6.89. The Morgan fingerprint density at radius 1 is 1.09 bits per heavy atom. The maximum absolute atomic E-state index is 13.7. The molecular formula is C26H30N2O7. The van der Waals surface area contributed by atoms with Crippen molar-refractivity contribution in [2.75, 3.05) is 14.1 Å². The summed E-state index contributed by atoms with van der Waals surface area (Å²) in [6.07, 6.45) is 4.63. The summed E-state index contributed by atoms with van der Waals surface area (Å²) >= 11 is 0. The van der Waals surface area contributed by atoms with Crippen molar-refractivity contribution in [2.24, 2.45) is 17.6 Å². The number of aliphatic hydroxyl groups is 3. The van der Waals surface area contributed by atoms with E-state index < -0.39 is 58.0 Å². The van der Waals surface area contributed by atoms with E-state index in [4.69, 9.17) is 5.73 Å². The van der Waals surface area contributed by atoms with Gasteiger partial charge in [0.25, 0.3) is 5.91 Å². The Bertz CT molecular complexity index is 1220. The summed E-state index contributed by atoms with van der Waals surface area (Å²) < 4.78 is 0. The van der Waals surface area contributed by atoms with Gasteiger partial charge < -0.3 is 26.2 Å². The van der Waals surface area contributed by atoms with E-state index in [1.807, 2.05) is 6.07 Å². The second-order valence-electron chi connectivity index (χ2n) is 10.5. The van der Waals surface area contributed by atoms with E-state index in [9.17, 15) is 34.8 Å². The van der Waals surface area contributed by atoms with Crippen molar-refractivity contribution < 1.29 is 34.8 Å². The average Bonchev–Trinajstić information content (AvgIpc) is 3.30. The highest BCUT2D eigenvalue weighted by Gasteiger charge is 2.63. The largest absolute Gasteiger partial charge is 0.510 e. The number of aromatic hydroxyl groups is 1. The summed E-state index contributed by atoms with van der Waals surface area (Å²) in [7, 11) is 3.23. The number of hydrogen-bond acceptors (Lipinski definition) is 8. The van der Waals surface area contributed by atoms with Crippen molar-refractivity contribution in [1.29, 1.82) is 0 Å². The van der Waals surface area contributed by atoms with E-state index in [-0.39, 0.29) is 29.2 Å². The Labute approximate surface area is 202 Å². The van der Waals surface area contributed by atoms with Crippen LogP contribution in [0.15, 0.2) is 34.8 Å². The molecule has 9 nitrogen and oxygen atoms in total. The number of aliphatic hydroxyl groups excluding tert-OH is 2. The van der Waals surface area contributed by atoms with Crippen molar-refractivity contribution in [3.63, 3.8) is 0 Å². The summed E-state index contributed by atoms with van der Waals surface area (Å²) in [6.45, 7) is 0. The van der Waals surface area contributed by atoms with Crippen LogP contribution in [0.5, 0.6) is 5.75 Å². The molecule has 186 valence electrons. The first kappa shape index (κ1) is 23.6. The van der Waals surface area contributed by atoms with Crippen molar-refractivity contribution in [3.05, 3.63) is 51.5 Å². The monoisotopic (exact) mass is 482 g/mol. The summed E-state index contributed by atoms with van der Waals surface area (Å²) in [5.74, 6) is -5.96. The molecule has 0 radical (unpaired) electrons. The molecule has 1 aromatic rings. The van der Waals surface area contributed by atoms with Crippen LogP contribution in [0.25, 0.3) is 0 Å². The van der Waals surface area contributed by atoms with Gasteiger partial charge in [-0.25, -0.2) is 0 Å². The van der Waals surface area contributed by atoms with Gasteiger partial charge in [-0.2, -0.15) is 0 Å². The second-order valence-corrected chi connectivity index (χ2v) is 10.5. The molecule has 0 aliphatic heterocycles. The number of primary amides is 1. The van der Waals surface area contributed by atoms with E-state index in [0.29, 0.717) is 6.42 Å². The molecule has 35 heavy (non-hydrogen) atoms. The maximum atomic E-state index is 13.7. The standard InChI is InChI=1S/C26H30N2O7/c1-28(2)20-15-10-12-9-14-13(11-5-3-4-6-11)7-8-16(29)18(14)21(30)17(12)23(32)26(15,35)24(33)19(22(20)31)25(27)34/h7-8,11-12,15,20,29,31-32,35H,3-6,9-10H2,1-2H3,(H2,27,34)/t12-,15+,20-,26+/m1/s1. The summed E-state index contributed by atoms with van der Waals surface area (Å²) in [4.78, 5) is 40.6. The zero-order valence-corrected chi connectivity index (χ0v) is 19.7. The SMILES string of the molecule is CN(C)[C@H]1C(O)=C(C(N)=O)C(=O)[C@@]2(O)C(O)=C3C(=O)c4c(O)ccc(C5CCCC5)c4C[C@@H]3C[C@@H]12. The molecular weight excluding hydrogens is 452 g/mol. The molecule has 4 aliphatic rings. The Hall–Kier alpha value is -3.17. The molecule has 0 spiro atoms. The predicted molar refractivity (Wildman–Crippen MR) is 125 cm³/mol. The van der Waals surface area contributed by atoms with Gasteiger partial charge in [0.2, 0.25) is 5.78 Å². The molecule has 5 rings (SSSR count). The highest BCUT2D eigenvalue weighted by Crippen LogP contribution is 2.53. The van der Waals surface area contributed by atoms with Gasteiger partial charge in [0.05, 0.1) is 11.6 Å². The number of amides is 1. The van der Waals surface area contributed by atoms with E-state index in [2.05, 4.69) is 0 Å². The van der Waals surface area contributed by atoms with Gasteiger partial charge in [0.1, 0.15) is 22.8 Å². The van der Waals surface area contributed by atoms with Crippen LogP contribution in [0.1, 0.15) is 59.5 Å². The number of phenols is 1. The first-order valence-electron chi connectivity index (χ1n) is 12.0. The molecule has 4 aliphatic carbocycles. The van der Waals surface area contributed by atoms with Crippen LogP contribution in [-0.2, 0) is 16.0 Å². The maximum Gasteiger partial charge on any atom is 0.255 e. The molecule has 0 aromatic heterocycles. The summed E-state index contributed by atoms with van der Waals surface area (Å²) in [5, 5.41) is 44.4. The van der Waals surface area contributed by atoms with E-state index >= 15 is 0 Å². The molecule has 1 amide bonds. The molecule has 9 heteroatoms. The lowest BCUT2D eigenvalue weighted by Crippen LogP contribution is -2.63. The first-order chi connectivity index (χ1) is 16.5. The third-order valence-corrected chi connectivity index (χ3v) is 8.44. The van der Waals surface area contributed by atoms with Gasteiger partial charge in [-0.05, 0) is 68.8 Å². The quantitative estimate of drug-likeness (QED) is 0.407. The van der Waals surface area contributed by atoms with Crippen LogP contribution in [0, 0.1) is 11.8 Å². The van der Waals surface area contributed by atoms with Crippen molar-refractivity contribution in [1.82, 2.24) is 4.90 Å². The van der Waals surface area contributed by atoms with Crippen LogP contribution in [0.4, 0.5) is 0 Å². The molecule has 0 bridgehead atoms. The van der Waals surface area contributed by atoms with Gasteiger partial charge >= 0.3 is 0 Å². The predicted octanol–water partition coefficient (Wildman–Crippen LogP) is 1.78. The molecule has 1 saturated carbocycles. The minimum Gasteiger partial charge on any atom is -0.510 e. The number of Topliss-reactive ketones (excluding diaryl/α,β-unsaturated/α-hetero) is 2. The Kier molecular flexibility index (Phi) is 5.34. The number of nitrogens with two attached hydrogens (primary N) is 1. The van der Waals surface area contributed by atoms with Crippen LogP contribution in [0.2, 0.25) is 0 Å². The number of carbonyl (C=O) groups is 3. The van der Waals surface area contributed by atoms with Crippen molar-refractivity contribution >= 4 is 17.5 Å². The number of allylic oxidation sites excluding steroid dienone is 1. The highest BCUT2D eigenvalue weighted by atomic mass is 16.3. The lowest BCUT2D eigenvalue weighted by Gasteiger charge is -2.50. The topological polar surface area (TPSA) is 161 Å². The Morgan fingerprint density at radius 3 is 2.34 bits per heavy atom. The van der Waals surface area contributed by atoms with Crippen LogP contribution in [-0.4, -0.2) is 68.5 Å². The molecule has 0 saturated heterocycles. The fourth-order valence-corrected chi connectivity index (χ4v) is 6.89. The Balaban J connectivity index is 1.70. The molecule has 4 atom stereocenters. The van der Waals surface area contributed by atoms with Crippen molar-refractivity contribution in [3.8, 4) is 5.75 Å². The zero-order valence-electron chi connectivity index (χ0n) is 19.7. The van der Waals surface area contributed by atoms with Gasteiger partial charge in [0.15, 0.2) is 11.4 Å². The van der Waals surface area contributed by atoms with Crippen LogP contribution in [0.3, 0.4) is 0 Å². The van der Waals surface area contributed by atoms with Gasteiger partial charge in [-0.15, -0.1) is 0 Å². The minimum absolute atomic E-state index is 0.0928. The summed E-state index contributed by atoms with van der Waals surface area (Å²) in [6, 6.07) is 2.37. The third kappa shape index (κ3) is 3.11.